The molecule has 17 heavy (non-hydrogen) atoms. The zero-order valence-electron chi connectivity index (χ0n) is 10.9. The molecule has 0 aromatic heterocycles. The van der Waals surface area contributed by atoms with Crippen LogP contribution in [0.3, 0.4) is 0 Å². The summed E-state index contributed by atoms with van der Waals surface area (Å²) in [5.41, 5.74) is -0.609. The number of likely N-dealkylation sites (N-methyl/N-ethyl adjacent to an activating group) is 1. The predicted octanol–water partition coefficient (Wildman–Crippen LogP) is -0.783. The van der Waals surface area contributed by atoms with Gasteiger partial charge in [0.25, 0.3) is 0 Å². The highest BCUT2D eigenvalue weighted by Crippen LogP contribution is 2.19. The molecule has 0 aromatic rings. The molecule has 98 valence electrons. The second-order valence-electron chi connectivity index (χ2n) is 5.64. The Morgan fingerprint density at radius 1 is 1.24 bits per heavy atom. The van der Waals surface area contributed by atoms with Crippen LogP contribution in [0.2, 0.25) is 0 Å². The van der Waals surface area contributed by atoms with Crippen LogP contribution in [-0.2, 0) is 4.79 Å². The summed E-state index contributed by atoms with van der Waals surface area (Å²) < 4.78 is 0. The van der Waals surface area contributed by atoms with E-state index in [-0.39, 0.29) is 5.91 Å². The molecule has 5 nitrogen and oxygen atoms in total. The molecular weight excluding hydrogens is 218 g/mol. The van der Waals surface area contributed by atoms with Crippen LogP contribution >= 0.6 is 0 Å². The Bertz CT molecular complexity index is 285. The van der Waals surface area contributed by atoms with E-state index in [0.717, 1.165) is 39.1 Å². The fourth-order valence-corrected chi connectivity index (χ4v) is 2.52. The average molecular weight is 241 g/mol. The summed E-state index contributed by atoms with van der Waals surface area (Å²) >= 11 is 0. The maximum Gasteiger partial charge on any atom is 0.236 e. The van der Waals surface area contributed by atoms with Crippen molar-refractivity contribution in [1.82, 2.24) is 14.7 Å². The van der Waals surface area contributed by atoms with Crippen molar-refractivity contribution in [2.75, 3.05) is 52.9 Å². The van der Waals surface area contributed by atoms with Gasteiger partial charge in [0.15, 0.2) is 0 Å². The molecule has 2 heterocycles. The lowest BCUT2D eigenvalue weighted by Gasteiger charge is -2.33. The lowest BCUT2D eigenvalue weighted by atomic mass is 10.1. The van der Waals surface area contributed by atoms with Gasteiger partial charge >= 0.3 is 0 Å². The van der Waals surface area contributed by atoms with Crippen LogP contribution < -0.4 is 0 Å². The van der Waals surface area contributed by atoms with E-state index in [9.17, 15) is 9.90 Å². The minimum Gasteiger partial charge on any atom is -0.389 e. The Labute approximate surface area is 103 Å². The third kappa shape index (κ3) is 3.40. The van der Waals surface area contributed by atoms with Gasteiger partial charge in [0.2, 0.25) is 5.91 Å². The predicted molar refractivity (Wildman–Crippen MR) is 65.8 cm³/mol. The Balaban J connectivity index is 1.78. The van der Waals surface area contributed by atoms with E-state index in [1.807, 2.05) is 11.8 Å². The Morgan fingerprint density at radius 2 is 1.88 bits per heavy atom. The lowest BCUT2D eigenvalue weighted by Crippen LogP contribution is -2.50. The van der Waals surface area contributed by atoms with Crippen LogP contribution in [0.1, 0.15) is 13.3 Å². The van der Waals surface area contributed by atoms with Gasteiger partial charge in [-0.3, -0.25) is 9.69 Å². The fraction of sp³-hybridized carbons (Fsp3) is 0.917. The van der Waals surface area contributed by atoms with Crippen molar-refractivity contribution < 1.29 is 9.90 Å². The van der Waals surface area contributed by atoms with E-state index in [2.05, 4.69) is 16.8 Å². The van der Waals surface area contributed by atoms with E-state index in [0.29, 0.717) is 13.1 Å². The smallest absolute Gasteiger partial charge is 0.236 e. The standard InChI is InChI=1S/C12H23N3O2/c1-12(17)3-4-14(10-12)9-11(16)15-7-5-13(2)6-8-15/h17H,3-10H2,1-2H3. The molecule has 0 saturated carbocycles. The number of β-amino-alcohol motifs (C(OH)–C–C–N with tert-alkyl or cyclic N) is 1. The number of amides is 1. The first-order valence-corrected chi connectivity index (χ1v) is 6.37. The van der Waals surface area contributed by atoms with Gasteiger partial charge < -0.3 is 14.9 Å². The largest absolute Gasteiger partial charge is 0.389 e. The topological polar surface area (TPSA) is 47.0 Å². The van der Waals surface area contributed by atoms with E-state index >= 15 is 0 Å². The van der Waals surface area contributed by atoms with E-state index in [4.69, 9.17) is 0 Å². The van der Waals surface area contributed by atoms with Gasteiger partial charge in [0.1, 0.15) is 0 Å². The molecule has 2 rings (SSSR count). The molecule has 0 bridgehead atoms. The first-order valence-electron chi connectivity index (χ1n) is 6.37. The molecule has 1 N–H and O–H groups in total. The Morgan fingerprint density at radius 3 is 2.41 bits per heavy atom. The maximum absolute atomic E-state index is 12.1. The number of likely N-dealkylation sites (tertiary alicyclic amines) is 1. The zero-order chi connectivity index (χ0) is 12.5. The van der Waals surface area contributed by atoms with Crippen LogP contribution in [-0.4, -0.2) is 84.2 Å². The van der Waals surface area contributed by atoms with Crippen molar-refractivity contribution in [2.24, 2.45) is 0 Å². The highest BCUT2D eigenvalue weighted by atomic mass is 16.3. The van der Waals surface area contributed by atoms with Crippen molar-refractivity contribution in [3.8, 4) is 0 Å². The maximum atomic E-state index is 12.1. The first kappa shape index (κ1) is 12.8. The summed E-state index contributed by atoms with van der Waals surface area (Å²) in [6.45, 7) is 7.33. The fourth-order valence-electron chi connectivity index (χ4n) is 2.52. The molecule has 0 aromatic carbocycles. The number of nitrogens with zero attached hydrogens (tertiary/aromatic N) is 3. The molecule has 0 radical (unpaired) electrons. The third-order valence-corrected chi connectivity index (χ3v) is 3.75. The molecule has 2 aliphatic rings. The van der Waals surface area contributed by atoms with Crippen molar-refractivity contribution in [3.05, 3.63) is 0 Å². The zero-order valence-corrected chi connectivity index (χ0v) is 10.9. The number of hydrogen-bond donors (Lipinski definition) is 1. The second kappa shape index (κ2) is 4.92. The van der Waals surface area contributed by atoms with Crippen molar-refractivity contribution >= 4 is 5.91 Å². The van der Waals surface area contributed by atoms with E-state index in [1.165, 1.54) is 0 Å². The molecule has 0 aliphatic carbocycles. The van der Waals surface area contributed by atoms with Crippen LogP contribution in [0.4, 0.5) is 0 Å². The first-order chi connectivity index (χ1) is 7.96. The van der Waals surface area contributed by atoms with Gasteiger partial charge in [-0.05, 0) is 20.4 Å². The number of carbonyl (C=O) groups excluding carboxylic acids is 1. The van der Waals surface area contributed by atoms with Gasteiger partial charge in [-0.2, -0.15) is 0 Å². The summed E-state index contributed by atoms with van der Waals surface area (Å²) in [4.78, 5) is 18.3. The highest BCUT2D eigenvalue weighted by Gasteiger charge is 2.33. The van der Waals surface area contributed by atoms with Crippen LogP contribution in [0.25, 0.3) is 0 Å². The monoisotopic (exact) mass is 241 g/mol. The highest BCUT2D eigenvalue weighted by molar-refractivity contribution is 5.78. The minimum atomic E-state index is -0.609. The summed E-state index contributed by atoms with van der Waals surface area (Å²) in [7, 11) is 2.08. The summed E-state index contributed by atoms with van der Waals surface area (Å²) in [6, 6.07) is 0. The molecule has 1 amide bonds. The SMILES string of the molecule is CN1CCN(C(=O)CN2CCC(C)(O)C2)CC1. The number of piperazine rings is 1. The Hall–Kier alpha value is -0.650. The number of hydrogen-bond acceptors (Lipinski definition) is 4. The third-order valence-electron chi connectivity index (χ3n) is 3.75. The van der Waals surface area contributed by atoms with Crippen LogP contribution in [0.15, 0.2) is 0 Å². The quantitative estimate of drug-likeness (QED) is 0.689. The van der Waals surface area contributed by atoms with Crippen molar-refractivity contribution in [2.45, 2.75) is 18.9 Å². The molecule has 5 heteroatoms. The molecule has 1 atom stereocenters. The van der Waals surface area contributed by atoms with Crippen molar-refractivity contribution in [3.63, 3.8) is 0 Å². The van der Waals surface area contributed by atoms with Crippen LogP contribution in [0, 0.1) is 0 Å². The van der Waals surface area contributed by atoms with Gasteiger partial charge in [-0.1, -0.05) is 0 Å². The summed E-state index contributed by atoms with van der Waals surface area (Å²) in [5.74, 6) is 0.204. The summed E-state index contributed by atoms with van der Waals surface area (Å²) in [6.07, 6.45) is 0.767. The van der Waals surface area contributed by atoms with Gasteiger partial charge in [-0.25, -0.2) is 0 Å². The van der Waals surface area contributed by atoms with E-state index in [1.54, 1.807) is 0 Å². The normalized spacial score (nSPS) is 32.1. The molecule has 2 fully saturated rings. The number of aliphatic hydroxyl groups is 1. The minimum absolute atomic E-state index is 0.204. The number of carbonyl (C=O) groups is 1. The molecule has 2 saturated heterocycles. The van der Waals surface area contributed by atoms with Crippen LogP contribution in [0.5, 0.6) is 0 Å². The Kier molecular flexibility index (Phi) is 3.70. The van der Waals surface area contributed by atoms with E-state index < -0.39 is 5.60 Å². The molecule has 2 aliphatic heterocycles. The number of rotatable bonds is 2. The molecule has 0 spiro atoms. The second-order valence-corrected chi connectivity index (χ2v) is 5.64. The molecular formula is C12H23N3O2. The van der Waals surface area contributed by atoms with Gasteiger partial charge in [0, 0.05) is 39.3 Å². The average Bonchev–Trinajstić information content (AvgIpc) is 2.59. The van der Waals surface area contributed by atoms with Gasteiger partial charge in [0.05, 0.1) is 12.1 Å². The van der Waals surface area contributed by atoms with Gasteiger partial charge in [-0.15, -0.1) is 0 Å². The lowest BCUT2D eigenvalue weighted by molar-refractivity contribution is -0.133. The molecule has 1 unspecified atom stereocenters. The summed E-state index contributed by atoms with van der Waals surface area (Å²) in [5, 5.41) is 9.85. The van der Waals surface area contributed by atoms with Crippen molar-refractivity contribution in [1.29, 1.82) is 0 Å².